The number of carbonyl (C=O) groups excluding carboxylic acids is 1. The number of ether oxygens (including phenoxy) is 1. The Labute approximate surface area is 221 Å². The Morgan fingerprint density at radius 2 is 1.76 bits per heavy atom. The van der Waals surface area contributed by atoms with Gasteiger partial charge >= 0.3 is 0 Å². The summed E-state index contributed by atoms with van der Waals surface area (Å²) in [6.45, 7) is 6.97. The molecule has 10 heteroatoms. The van der Waals surface area contributed by atoms with Crippen molar-refractivity contribution < 1.29 is 22.4 Å². The van der Waals surface area contributed by atoms with Crippen molar-refractivity contribution in [1.82, 2.24) is 9.29 Å². The second-order valence-electron chi connectivity index (χ2n) is 8.66. The zero-order valence-electron chi connectivity index (χ0n) is 21.4. The average Bonchev–Trinajstić information content (AvgIpc) is 3.58. The molecule has 2 heterocycles. The lowest BCUT2D eigenvalue weighted by molar-refractivity contribution is 0.0983. The minimum atomic E-state index is -3.64. The van der Waals surface area contributed by atoms with Crippen LogP contribution in [0.4, 0.5) is 5.13 Å². The number of thiazole rings is 1. The van der Waals surface area contributed by atoms with Crippen molar-refractivity contribution in [2.45, 2.75) is 45.1 Å². The van der Waals surface area contributed by atoms with E-state index in [1.54, 1.807) is 42.5 Å². The molecule has 0 aliphatic carbocycles. The Morgan fingerprint density at radius 3 is 2.35 bits per heavy atom. The molecule has 0 atom stereocenters. The maximum atomic E-state index is 13.7. The molecule has 2 aromatic heterocycles. The molecular formula is C27H31N3O5S2. The quantitative estimate of drug-likeness (QED) is 0.236. The van der Waals surface area contributed by atoms with Gasteiger partial charge in [0.15, 0.2) is 5.13 Å². The molecule has 0 saturated heterocycles. The van der Waals surface area contributed by atoms with Gasteiger partial charge < -0.3 is 9.15 Å². The van der Waals surface area contributed by atoms with Gasteiger partial charge in [0, 0.05) is 18.7 Å². The lowest BCUT2D eigenvalue weighted by Crippen LogP contribution is -2.33. The van der Waals surface area contributed by atoms with Gasteiger partial charge in [0.2, 0.25) is 10.0 Å². The topological polar surface area (TPSA) is 93.0 Å². The fourth-order valence-electron chi connectivity index (χ4n) is 4.09. The number of nitrogens with zero attached hydrogens (tertiary/aromatic N) is 3. The summed E-state index contributed by atoms with van der Waals surface area (Å²) < 4.78 is 39.7. The highest BCUT2D eigenvalue weighted by atomic mass is 32.2. The van der Waals surface area contributed by atoms with Gasteiger partial charge in [0.05, 0.1) is 29.5 Å². The van der Waals surface area contributed by atoms with Gasteiger partial charge in [-0.15, -0.1) is 0 Å². The van der Waals surface area contributed by atoms with Gasteiger partial charge in [-0.2, -0.15) is 4.31 Å². The summed E-state index contributed by atoms with van der Waals surface area (Å²) in [5.41, 5.74) is 2.07. The van der Waals surface area contributed by atoms with Crippen LogP contribution in [0.3, 0.4) is 0 Å². The fraction of sp³-hybridized carbons (Fsp3) is 0.333. The van der Waals surface area contributed by atoms with Crippen LogP contribution in [0.1, 0.15) is 48.4 Å². The summed E-state index contributed by atoms with van der Waals surface area (Å²) in [6.07, 6.45) is 3.01. The van der Waals surface area contributed by atoms with E-state index in [1.807, 2.05) is 32.9 Å². The number of carbonyl (C=O) groups is 1. The normalized spacial score (nSPS) is 11.8. The standard InChI is InChI=1S/C27H31N3O5S2/c1-5-15-29(16-6-2)37(32,33)22-12-10-20(11-13-22)26(31)30(18-21-8-7-17-35-21)27-28-24-23(34-4)14-9-19(3)25(24)36-27/h7-14,17H,5-6,15-16,18H2,1-4H3. The van der Waals surface area contributed by atoms with Crippen LogP contribution in [0.2, 0.25) is 0 Å². The lowest BCUT2D eigenvalue weighted by Gasteiger charge is -2.21. The molecule has 0 bridgehead atoms. The van der Waals surface area contributed by atoms with Crippen molar-refractivity contribution in [3.8, 4) is 5.75 Å². The zero-order chi connectivity index (χ0) is 26.6. The molecule has 0 aliphatic heterocycles. The molecule has 0 unspecified atom stereocenters. The van der Waals surface area contributed by atoms with Crippen LogP contribution in [0.15, 0.2) is 64.1 Å². The summed E-state index contributed by atoms with van der Waals surface area (Å²) in [6, 6.07) is 13.5. The predicted octanol–water partition coefficient (Wildman–Crippen LogP) is 5.86. The first-order valence-electron chi connectivity index (χ1n) is 12.2. The first kappa shape index (κ1) is 26.8. The highest BCUT2D eigenvalue weighted by molar-refractivity contribution is 7.89. The van der Waals surface area contributed by atoms with Crippen molar-refractivity contribution in [3.63, 3.8) is 0 Å². The lowest BCUT2D eigenvalue weighted by atomic mass is 10.2. The second kappa shape index (κ2) is 11.5. The largest absolute Gasteiger partial charge is 0.494 e. The van der Waals surface area contributed by atoms with Crippen LogP contribution in [0, 0.1) is 6.92 Å². The van der Waals surface area contributed by atoms with E-state index in [9.17, 15) is 13.2 Å². The first-order valence-corrected chi connectivity index (χ1v) is 14.4. The molecule has 4 aromatic rings. The molecule has 196 valence electrons. The first-order chi connectivity index (χ1) is 17.8. The number of anilines is 1. The Kier molecular flexibility index (Phi) is 8.31. The van der Waals surface area contributed by atoms with E-state index in [2.05, 4.69) is 0 Å². The summed E-state index contributed by atoms with van der Waals surface area (Å²) in [5.74, 6) is 0.923. The van der Waals surface area contributed by atoms with Gasteiger partial charge in [-0.3, -0.25) is 9.69 Å². The van der Waals surface area contributed by atoms with E-state index < -0.39 is 10.0 Å². The number of benzene rings is 2. The number of hydrogen-bond donors (Lipinski definition) is 0. The van der Waals surface area contributed by atoms with Crippen LogP contribution in [-0.2, 0) is 16.6 Å². The third-order valence-corrected chi connectivity index (χ3v) is 9.09. The van der Waals surface area contributed by atoms with Crippen LogP contribution < -0.4 is 9.64 Å². The van der Waals surface area contributed by atoms with E-state index >= 15 is 0 Å². The number of fused-ring (bicyclic) bond motifs is 1. The average molecular weight is 542 g/mol. The van der Waals surface area contributed by atoms with E-state index in [4.69, 9.17) is 14.1 Å². The van der Waals surface area contributed by atoms with Gasteiger partial charge in [0.1, 0.15) is 17.0 Å². The Morgan fingerprint density at radius 1 is 1.05 bits per heavy atom. The number of amides is 1. The zero-order valence-corrected chi connectivity index (χ0v) is 23.1. The van der Waals surface area contributed by atoms with Crippen molar-refractivity contribution >= 4 is 42.6 Å². The molecule has 0 saturated carbocycles. The molecule has 0 spiro atoms. The predicted molar refractivity (Wildman–Crippen MR) is 146 cm³/mol. The van der Waals surface area contributed by atoms with Crippen LogP contribution in [-0.4, -0.2) is 43.8 Å². The summed E-state index contributed by atoms with van der Waals surface area (Å²) in [7, 11) is -2.05. The van der Waals surface area contributed by atoms with Crippen molar-refractivity contribution in [1.29, 1.82) is 0 Å². The number of rotatable bonds is 11. The number of aryl methyl sites for hydroxylation is 1. The van der Waals surface area contributed by atoms with Gasteiger partial charge in [-0.25, -0.2) is 13.4 Å². The van der Waals surface area contributed by atoms with Crippen molar-refractivity contribution in [3.05, 3.63) is 71.7 Å². The summed E-state index contributed by atoms with van der Waals surface area (Å²) >= 11 is 1.40. The van der Waals surface area contributed by atoms with Crippen LogP contribution >= 0.6 is 11.3 Å². The number of methoxy groups -OCH3 is 1. The smallest absolute Gasteiger partial charge is 0.260 e. The van der Waals surface area contributed by atoms with E-state index in [0.717, 1.165) is 23.1 Å². The Balaban J connectivity index is 1.70. The molecule has 2 aromatic carbocycles. The molecule has 0 aliphatic rings. The minimum absolute atomic E-state index is 0.170. The minimum Gasteiger partial charge on any atom is -0.494 e. The maximum Gasteiger partial charge on any atom is 0.260 e. The molecule has 8 nitrogen and oxygen atoms in total. The van der Waals surface area contributed by atoms with Gasteiger partial charge in [-0.05, 0) is 67.8 Å². The van der Waals surface area contributed by atoms with E-state index in [1.165, 1.54) is 27.8 Å². The third-order valence-electron chi connectivity index (χ3n) is 5.97. The molecular weight excluding hydrogens is 510 g/mol. The van der Waals surface area contributed by atoms with Crippen molar-refractivity contribution in [2.24, 2.45) is 0 Å². The molecule has 0 fully saturated rings. The van der Waals surface area contributed by atoms with Gasteiger partial charge in [-0.1, -0.05) is 31.3 Å². The summed E-state index contributed by atoms with van der Waals surface area (Å²) in [4.78, 5) is 20.2. The van der Waals surface area contributed by atoms with E-state index in [0.29, 0.717) is 40.8 Å². The van der Waals surface area contributed by atoms with Crippen LogP contribution in [0.5, 0.6) is 5.75 Å². The molecule has 1 amide bonds. The number of hydrogen-bond acceptors (Lipinski definition) is 7. The molecule has 37 heavy (non-hydrogen) atoms. The molecule has 0 radical (unpaired) electrons. The van der Waals surface area contributed by atoms with E-state index in [-0.39, 0.29) is 17.3 Å². The van der Waals surface area contributed by atoms with Gasteiger partial charge in [0.25, 0.3) is 5.91 Å². The number of sulfonamides is 1. The number of furan rings is 1. The number of aromatic nitrogens is 1. The van der Waals surface area contributed by atoms with Crippen LogP contribution in [0.25, 0.3) is 10.2 Å². The third kappa shape index (κ3) is 5.56. The Hall–Kier alpha value is -3.21. The molecule has 0 N–H and O–H groups in total. The van der Waals surface area contributed by atoms with Crippen molar-refractivity contribution in [2.75, 3.05) is 25.1 Å². The summed E-state index contributed by atoms with van der Waals surface area (Å²) in [5, 5.41) is 0.498. The maximum absolute atomic E-state index is 13.7. The highest BCUT2D eigenvalue weighted by Crippen LogP contribution is 2.37. The Bertz CT molecular complexity index is 1460. The second-order valence-corrected chi connectivity index (χ2v) is 11.6. The monoisotopic (exact) mass is 541 g/mol. The fourth-order valence-corrected chi connectivity index (χ4v) is 6.76. The highest BCUT2D eigenvalue weighted by Gasteiger charge is 2.26. The molecule has 4 rings (SSSR count). The SMILES string of the molecule is CCCN(CCC)S(=O)(=O)c1ccc(C(=O)N(Cc2ccco2)c2nc3c(OC)ccc(C)c3s2)cc1.